The molecule has 0 bridgehead atoms. The molecule has 1 heterocycles. The van der Waals surface area contributed by atoms with Gasteiger partial charge in [-0.2, -0.15) is 0 Å². The van der Waals surface area contributed by atoms with E-state index in [1.165, 1.54) is 6.07 Å². The van der Waals surface area contributed by atoms with Gasteiger partial charge in [-0.15, -0.1) is 0 Å². The predicted octanol–water partition coefficient (Wildman–Crippen LogP) is 4.00. The molecule has 8 heteroatoms. The number of anilines is 1. The number of carbonyl (C=O) groups excluding carboxylic acids is 2. The number of benzene rings is 3. The molecular weight excluding hydrogens is 448 g/mol. The Balaban J connectivity index is 1.78. The zero-order chi connectivity index (χ0) is 25.1. The number of methoxy groups -OCH3 is 1. The van der Waals surface area contributed by atoms with E-state index in [2.05, 4.69) is 5.32 Å². The van der Waals surface area contributed by atoms with E-state index in [9.17, 15) is 19.5 Å². The third-order valence-corrected chi connectivity index (χ3v) is 6.37. The second kappa shape index (κ2) is 10.0. The number of hydrogen-bond acceptors (Lipinski definition) is 5. The number of nitrogens with one attached hydrogen (secondary N) is 1. The third-order valence-electron chi connectivity index (χ3n) is 6.37. The van der Waals surface area contributed by atoms with Crippen LogP contribution in [0.3, 0.4) is 0 Å². The van der Waals surface area contributed by atoms with Crippen molar-refractivity contribution in [1.82, 2.24) is 5.32 Å². The maximum Gasteiger partial charge on any atom is 0.335 e. The van der Waals surface area contributed by atoms with Crippen molar-refractivity contribution in [1.29, 1.82) is 0 Å². The molecule has 1 aliphatic rings. The van der Waals surface area contributed by atoms with Crippen molar-refractivity contribution >= 4 is 34.2 Å². The van der Waals surface area contributed by atoms with Gasteiger partial charge in [0.05, 0.1) is 24.9 Å². The highest BCUT2D eigenvalue weighted by Crippen LogP contribution is 2.36. The fraction of sp³-hybridized carbons (Fsp3) is 0.296. The highest BCUT2D eigenvalue weighted by molar-refractivity contribution is 6.02. The number of amides is 2. The van der Waals surface area contributed by atoms with Crippen LogP contribution in [0.1, 0.15) is 36.2 Å². The Labute approximate surface area is 203 Å². The van der Waals surface area contributed by atoms with Crippen LogP contribution in [-0.4, -0.2) is 42.6 Å². The number of aromatic carboxylic acids is 1. The quantitative estimate of drug-likeness (QED) is 0.534. The summed E-state index contributed by atoms with van der Waals surface area (Å²) in [7, 11) is 1.55. The summed E-state index contributed by atoms with van der Waals surface area (Å²) in [6, 6.07) is 14.8. The van der Waals surface area contributed by atoms with E-state index in [1.54, 1.807) is 48.4 Å². The summed E-state index contributed by atoms with van der Waals surface area (Å²) in [5.41, 5.74) is 1.48. The molecule has 3 aromatic rings. The van der Waals surface area contributed by atoms with Crippen molar-refractivity contribution < 1.29 is 29.0 Å². The number of carbonyl (C=O) groups is 3. The Kier molecular flexibility index (Phi) is 6.91. The molecule has 2 atom stereocenters. The summed E-state index contributed by atoms with van der Waals surface area (Å²) in [6.45, 7) is 3.89. The maximum atomic E-state index is 13.8. The average molecular weight is 477 g/mol. The summed E-state index contributed by atoms with van der Waals surface area (Å²) in [4.78, 5) is 39.4. The fourth-order valence-corrected chi connectivity index (χ4v) is 4.14. The Morgan fingerprint density at radius 1 is 1.20 bits per heavy atom. The van der Waals surface area contributed by atoms with Gasteiger partial charge in [0.2, 0.25) is 5.91 Å². The summed E-state index contributed by atoms with van der Waals surface area (Å²) in [6.07, 6.45) is 0.656. The number of fused-ring (bicyclic) bond motifs is 2. The summed E-state index contributed by atoms with van der Waals surface area (Å²) >= 11 is 0. The van der Waals surface area contributed by atoms with Crippen LogP contribution in [0.15, 0.2) is 54.6 Å². The minimum atomic E-state index is -1.02. The molecule has 182 valence electrons. The van der Waals surface area contributed by atoms with Crippen molar-refractivity contribution in [3.63, 3.8) is 0 Å². The van der Waals surface area contributed by atoms with E-state index in [4.69, 9.17) is 9.47 Å². The van der Waals surface area contributed by atoms with Crippen LogP contribution in [0.5, 0.6) is 11.5 Å². The molecule has 0 fully saturated rings. The normalized spacial score (nSPS) is 16.1. The molecule has 1 aliphatic heterocycles. The standard InChI is InChI=1S/C27H28N2O6/c1-4-16(2)25(30)28-21-15-35-24-8-6-5-7-22(24)29(26(21)31)14-20-19-11-9-18(27(32)33)13-17(19)10-12-23(20)34-3/h5-13,16,21H,4,14-15H2,1-3H3,(H,28,30)(H,32,33)/t16-,21+/m1/s1. The zero-order valence-corrected chi connectivity index (χ0v) is 19.9. The second-order valence-corrected chi connectivity index (χ2v) is 8.56. The van der Waals surface area contributed by atoms with Gasteiger partial charge in [0.25, 0.3) is 5.91 Å². The molecule has 4 rings (SSSR count). The van der Waals surface area contributed by atoms with Gasteiger partial charge in [0.1, 0.15) is 24.1 Å². The number of hydrogen-bond donors (Lipinski definition) is 2. The van der Waals surface area contributed by atoms with Crippen molar-refractivity contribution in [2.75, 3.05) is 18.6 Å². The van der Waals surface area contributed by atoms with E-state index in [-0.39, 0.29) is 36.4 Å². The van der Waals surface area contributed by atoms with Crippen molar-refractivity contribution in [3.8, 4) is 11.5 Å². The topological polar surface area (TPSA) is 105 Å². The smallest absolute Gasteiger partial charge is 0.335 e. The van der Waals surface area contributed by atoms with Crippen LogP contribution in [0.2, 0.25) is 0 Å². The molecule has 0 saturated heterocycles. The summed E-state index contributed by atoms with van der Waals surface area (Å²) in [5, 5.41) is 13.7. The average Bonchev–Trinajstić information content (AvgIpc) is 3.00. The van der Waals surface area contributed by atoms with E-state index in [0.717, 1.165) is 10.9 Å². The lowest BCUT2D eigenvalue weighted by Crippen LogP contribution is -2.51. The SMILES string of the molecule is CC[C@@H](C)C(=O)N[C@H]1COc2ccccc2N(Cc2c(OC)ccc3cc(C(=O)O)ccc23)C1=O. The molecule has 8 nitrogen and oxygen atoms in total. The number of carboxylic acids is 1. The van der Waals surface area contributed by atoms with Gasteiger partial charge in [-0.05, 0) is 47.5 Å². The first-order chi connectivity index (χ1) is 16.8. The first kappa shape index (κ1) is 24.1. The summed E-state index contributed by atoms with van der Waals surface area (Å²) in [5.74, 6) is -0.650. The Morgan fingerprint density at radius 2 is 1.97 bits per heavy atom. The highest BCUT2D eigenvalue weighted by atomic mass is 16.5. The van der Waals surface area contributed by atoms with Gasteiger partial charge in [0.15, 0.2) is 0 Å². The molecule has 0 radical (unpaired) electrons. The van der Waals surface area contributed by atoms with Crippen molar-refractivity contribution in [2.24, 2.45) is 5.92 Å². The van der Waals surface area contributed by atoms with Gasteiger partial charge in [-0.1, -0.05) is 38.1 Å². The number of carboxylic acid groups (broad SMARTS) is 1. The van der Waals surface area contributed by atoms with Crippen LogP contribution in [0.25, 0.3) is 10.8 Å². The lowest BCUT2D eigenvalue weighted by Gasteiger charge is -2.27. The Hall–Kier alpha value is -4.07. The van der Waals surface area contributed by atoms with Gasteiger partial charge in [-0.25, -0.2) is 4.79 Å². The van der Waals surface area contributed by atoms with Gasteiger partial charge in [0, 0.05) is 11.5 Å². The molecule has 0 unspecified atom stereocenters. The highest BCUT2D eigenvalue weighted by Gasteiger charge is 2.34. The monoisotopic (exact) mass is 476 g/mol. The minimum absolute atomic E-state index is 0.0170. The Morgan fingerprint density at radius 3 is 2.69 bits per heavy atom. The van der Waals surface area contributed by atoms with E-state index >= 15 is 0 Å². The minimum Gasteiger partial charge on any atom is -0.496 e. The lowest BCUT2D eigenvalue weighted by molar-refractivity contribution is -0.130. The van der Waals surface area contributed by atoms with Crippen LogP contribution in [-0.2, 0) is 16.1 Å². The molecule has 0 aliphatic carbocycles. The number of nitrogens with zero attached hydrogens (tertiary/aromatic N) is 1. The van der Waals surface area contributed by atoms with E-state index in [1.807, 2.05) is 26.0 Å². The number of rotatable bonds is 7. The zero-order valence-electron chi connectivity index (χ0n) is 19.9. The first-order valence-electron chi connectivity index (χ1n) is 11.5. The van der Waals surface area contributed by atoms with Crippen LogP contribution < -0.4 is 19.7 Å². The van der Waals surface area contributed by atoms with E-state index in [0.29, 0.717) is 29.0 Å². The van der Waals surface area contributed by atoms with Crippen molar-refractivity contribution in [2.45, 2.75) is 32.9 Å². The van der Waals surface area contributed by atoms with Gasteiger partial charge < -0.3 is 24.8 Å². The van der Waals surface area contributed by atoms with Crippen LogP contribution in [0, 0.1) is 5.92 Å². The molecule has 3 aromatic carbocycles. The molecule has 2 amide bonds. The largest absolute Gasteiger partial charge is 0.496 e. The lowest BCUT2D eigenvalue weighted by atomic mass is 10.00. The molecular formula is C27H28N2O6. The third kappa shape index (κ3) is 4.77. The fourth-order valence-electron chi connectivity index (χ4n) is 4.14. The first-order valence-corrected chi connectivity index (χ1v) is 11.5. The molecule has 2 N–H and O–H groups in total. The summed E-state index contributed by atoms with van der Waals surface area (Å²) < 4.78 is 11.5. The van der Waals surface area contributed by atoms with Gasteiger partial charge >= 0.3 is 5.97 Å². The predicted molar refractivity (Wildman–Crippen MR) is 132 cm³/mol. The molecule has 0 saturated carbocycles. The second-order valence-electron chi connectivity index (χ2n) is 8.56. The number of ether oxygens (including phenoxy) is 2. The van der Waals surface area contributed by atoms with Crippen LogP contribution in [0.4, 0.5) is 5.69 Å². The Bertz CT molecular complexity index is 1290. The number of para-hydroxylation sites is 2. The molecule has 0 spiro atoms. The maximum absolute atomic E-state index is 13.8. The molecule has 0 aromatic heterocycles. The van der Waals surface area contributed by atoms with Crippen molar-refractivity contribution in [3.05, 3.63) is 65.7 Å². The van der Waals surface area contributed by atoms with Gasteiger partial charge in [-0.3, -0.25) is 9.59 Å². The molecule has 35 heavy (non-hydrogen) atoms. The van der Waals surface area contributed by atoms with Crippen LogP contribution >= 0.6 is 0 Å². The van der Waals surface area contributed by atoms with E-state index < -0.39 is 12.0 Å².